The molecular weight excluding hydrogens is 292 g/mol. The van der Waals surface area contributed by atoms with Gasteiger partial charge in [-0.15, -0.1) is 0 Å². The smallest absolute Gasteiger partial charge is 0.215 e. The molecular formula is C14H24N2O4S. The molecule has 0 radical (unpaired) electrons. The molecule has 0 saturated carbocycles. The second-order valence-electron chi connectivity index (χ2n) is 4.80. The quantitative estimate of drug-likeness (QED) is 0.636. The van der Waals surface area contributed by atoms with Crippen molar-refractivity contribution in [1.29, 1.82) is 0 Å². The van der Waals surface area contributed by atoms with Crippen LogP contribution in [-0.4, -0.2) is 40.5 Å². The Kier molecular flexibility index (Phi) is 7.49. The molecule has 120 valence electrons. The topological polar surface area (TPSA) is 90.6 Å². The summed E-state index contributed by atoms with van der Waals surface area (Å²) >= 11 is 0. The summed E-state index contributed by atoms with van der Waals surface area (Å²) in [5.74, 6) is 0.457. The van der Waals surface area contributed by atoms with Crippen molar-refractivity contribution in [1.82, 2.24) is 4.72 Å². The molecule has 0 aliphatic heterocycles. The van der Waals surface area contributed by atoms with E-state index in [-0.39, 0.29) is 18.4 Å². The van der Waals surface area contributed by atoms with Crippen LogP contribution in [0.5, 0.6) is 5.75 Å². The van der Waals surface area contributed by atoms with Crippen LogP contribution in [0, 0.1) is 0 Å². The predicted molar refractivity (Wildman–Crippen MR) is 83.8 cm³/mol. The lowest BCUT2D eigenvalue weighted by atomic mass is 10.2. The van der Waals surface area contributed by atoms with Crippen LogP contribution < -0.4 is 15.2 Å². The van der Waals surface area contributed by atoms with Gasteiger partial charge in [0, 0.05) is 24.9 Å². The van der Waals surface area contributed by atoms with E-state index in [0.717, 1.165) is 12.8 Å². The van der Waals surface area contributed by atoms with Gasteiger partial charge in [-0.3, -0.25) is 0 Å². The Balaban J connectivity index is 2.44. The first-order chi connectivity index (χ1) is 9.96. The molecule has 21 heavy (non-hydrogen) atoms. The second kappa shape index (κ2) is 8.86. The summed E-state index contributed by atoms with van der Waals surface area (Å²) < 4.78 is 37.0. The summed E-state index contributed by atoms with van der Waals surface area (Å²) in [5.41, 5.74) is 6.20. The number of sulfonamides is 1. The maximum absolute atomic E-state index is 12.0. The fourth-order valence-electron chi connectivity index (χ4n) is 1.91. The van der Waals surface area contributed by atoms with Crippen molar-refractivity contribution in [2.24, 2.45) is 0 Å². The van der Waals surface area contributed by atoms with Crippen molar-refractivity contribution in [3.05, 3.63) is 24.3 Å². The molecule has 1 unspecified atom stereocenters. The third kappa shape index (κ3) is 7.31. The summed E-state index contributed by atoms with van der Waals surface area (Å²) in [5, 5.41) is 0. The first-order valence-electron chi connectivity index (χ1n) is 6.94. The summed E-state index contributed by atoms with van der Waals surface area (Å²) in [6.07, 6.45) is 1.62. The molecule has 3 N–H and O–H groups in total. The number of nitrogens with two attached hydrogens (primary N) is 1. The fourth-order valence-corrected chi connectivity index (χ4v) is 3.03. The number of benzene rings is 1. The summed E-state index contributed by atoms with van der Waals surface area (Å²) in [6.45, 7) is 2.44. The van der Waals surface area contributed by atoms with Gasteiger partial charge >= 0.3 is 0 Å². The third-order valence-corrected chi connectivity index (χ3v) is 4.23. The SMILES string of the molecule is CCCC(COC)NS(=O)(=O)CCOc1cccc(N)c1. The standard InChI is InChI=1S/C14H24N2O4S/c1-3-5-13(11-19-2)16-21(17,18)9-8-20-14-7-4-6-12(15)10-14/h4,6-7,10,13,16H,3,5,8-9,11,15H2,1-2H3. The van der Waals surface area contributed by atoms with E-state index >= 15 is 0 Å². The van der Waals surface area contributed by atoms with Crippen LogP contribution in [0.4, 0.5) is 5.69 Å². The first-order valence-corrected chi connectivity index (χ1v) is 8.59. The zero-order chi connectivity index (χ0) is 15.7. The number of rotatable bonds is 10. The molecule has 0 fully saturated rings. The minimum Gasteiger partial charge on any atom is -0.492 e. The van der Waals surface area contributed by atoms with Gasteiger partial charge in [0.15, 0.2) is 0 Å². The van der Waals surface area contributed by atoms with E-state index in [2.05, 4.69) is 4.72 Å². The molecule has 0 amide bonds. The Labute approximate surface area is 126 Å². The third-order valence-electron chi connectivity index (χ3n) is 2.83. The Morgan fingerprint density at radius 1 is 1.38 bits per heavy atom. The van der Waals surface area contributed by atoms with Crippen molar-refractivity contribution >= 4 is 15.7 Å². The van der Waals surface area contributed by atoms with Crippen molar-refractivity contribution in [2.45, 2.75) is 25.8 Å². The van der Waals surface area contributed by atoms with Crippen LogP contribution >= 0.6 is 0 Å². The Morgan fingerprint density at radius 3 is 2.76 bits per heavy atom. The number of hydrogen-bond acceptors (Lipinski definition) is 5. The normalized spacial score (nSPS) is 13.0. The lowest BCUT2D eigenvalue weighted by Gasteiger charge is -2.17. The average molecular weight is 316 g/mol. The van der Waals surface area contributed by atoms with E-state index in [1.807, 2.05) is 6.92 Å². The van der Waals surface area contributed by atoms with Gasteiger partial charge < -0.3 is 15.2 Å². The van der Waals surface area contributed by atoms with Gasteiger partial charge in [-0.1, -0.05) is 19.4 Å². The molecule has 7 heteroatoms. The highest BCUT2D eigenvalue weighted by molar-refractivity contribution is 7.89. The molecule has 0 heterocycles. The molecule has 0 spiro atoms. The van der Waals surface area contributed by atoms with Crippen molar-refractivity contribution in [3.63, 3.8) is 0 Å². The molecule has 1 rings (SSSR count). The summed E-state index contributed by atoms with van der Waals surface area (Å²) in [4.78, 5) is 0. The number of methoxy groups -OCH3 is 1. The highest BCUT2D eigenvalue weighted by Crippen LogP contribution is 2.14. The van der Waals surface area contributed by atoms with Gasteiger partial charge in [0.05, 0.1) is 12.4 Å². The van der Waals surface area contributed by atoms with Crippen molar-refractivity contribution < 1.29 is 17.9 Å². The second-order valence-corrected chi connectivity index (χ2v) is 6.67. The van der Waals surface area contributed by atoms with Crippen molar-refractivity contribution in [2.75, 3.05) is 31.8 Å². The minimum absolute atomic E-state index is 0.0740. The lowest BCUT2D eigenvalue weighted by Crippen LogP contribution is -2.40. The van der Waals surface area contributed by atoms with Crippen LogP contribution in [0.3, 0.4) is 0 Å². The Bertz CT molecular complexity index is 513. The first kappa shape index (κ1) is 17.7. The highest BCUT2D eigenvalue weighted by atomic mass is 32.2. The largest absolute Gasteiger partial charge is 0.492 e. The van der Waals surface area contributed by atoms with Gasteiger partial charge in [-0.25, -0.2) is 13.1 Å². The van der Waals surface area contributed by atoms with Gasteiger partial charge in [0.1, 0.15) is 12.4 Å². The Hall–Kier alpha value is -1.31. The number of hydrogen-bond donors (Lipinski definition) is 2. The van der Waals surface area contributed by atoms with E-state index in [1.54, 1.807) is 31.4 Å². The number of nitrogen functional groups attached to an aromatic ring is 1. The molecule has 0 aromatic heterocycles. The highest BCUT2D eigenvalue weighted by Gasteiger charge is 2.17. The molecule has 0 saturated heterocycles. The van der Waals surface area contributed by atoms with Crippen LogP contribution in [0.25, 0.3) is 0 Å². The molecule has 1 aromatic carbocycles. The van der Waals surface area contributed by atoms with E-state index in [1.165, 1.54) is 0 Å². The van der Waals surface area contributed by atoms with Crippen LogP contribution in [0.2, 0.25) is 0 Å². The molecule has 1 aromatic rings. The molecule has 0 bridgehead atoms. The van der Waals surface area contributed by atoms with Crippen LogP contribution in [0.15, 0.2) is 24.3 Å². The zero-order valence-electron chi connectivity index (χ0n) is 12.5. The molecule has 0 aliphatic rings. The van der Waals surface area contributed by atoms with Gasteiger partial charge in [0.25, 0.3) is 0 Å². The maximum atomic E-state index is 12.0. The fraction of sp³-hybridized carbons (Fsp3) is 0.571. The lowest BCUT2D eigenvalue weighted by molar-refractivity contribution is 0.171. The Morgan fingerprint density at radius 2 is 2.14 bits per heavy atom. The monoisotopic (exact) mass is 316 g/mol. The molecule has 6 nitrogen and oxygen atoms in total. The van der Waals surface area contributed by atoms with Crippen LogP contribution in [0.1, 0.15) is 19.8 Å². The number of nitrogens with one attached hydrogen (secondary N) is 1. The maximum Gasteiger partial charge on any atom is 0.215 e. The summed E-state index contributed by atoms with van der Waals surface area (Å²) in [6, 6.07) is 6.70. The van der Waals surface area contributed by atoms with Gasteiger partial charge in [0.2, 0.25) is 10.0 Å². The number of anilines is 1. The predicted octanol–water partition coefficient (Wildman–Crippen LogP) is 1.38. The van der Waals surface area contributed by atoms with E-state index in [4.69, 9.17) is 15.2 Å². The van der Waals surface area contributed by atoms with Crippen molar-refractivity contribution in [3.8, 4) is 5.75 Å². The zero-order valence-corrected chi connectivity index (χ0v) is 13.4. The molecule has 0 aliphatic carbocycles. The average Bonchev–Trinajstić information content (AvgIpc) is 2.38. The minimum atomic E-state index is -3.39. The van der Waals surface area contributed by atoms with E-state index in [9.17, 15) is 8.42 Å². The summed E-state index contributed by atoms with van der Waals surface area (Å²) in [7, 11) is -1.84. The van der Waals surface area contributed by atoms with E-state index < -0.39 is 10.0 Å². The van der Waals surface area contributed by atoms with Gasteiger partial charge in [-0.2, -0.15) is 0 Å². The van der Waals surface area contributed by atoms with E-state index in [0.29, 0.717) is 18.0 Å². The van der Waals surface area contributed by atoms with Crippen LogP contribution in [-0.2, 0) is 14.8 Å². The van der Waals surface area contributed by atoms with Gasteiger partial charge in [-0.05, 0) is 18.6 Å². The molecule has 1 atom stereocenters. The number of ether oxygens (including phenoxy) is 2.